The summed E-state index contributed by atoms with van der Waals surface area (Å²) in [6.45, 7) is 2.19. The molecule has 1 amide bonds. The van der Waals surface area contributed by atoms with Gasteiger partial charge in [0.2, 0.25) is 5.13 Å². The maximum atomic E-state index is 12.6. The summed E-state index contributed by atoms with van der Waals surface area (Å²) in [5, 5.41) is 0.814. The van der Waals surface area contributed by atoms with E-state index in [2.05, 4.69) is 19.3 Å². The van der Waals surface area contributed by atoms with Gasteiger partial charge in [-0.25, -0.2) is 23.7 Å². The third-order valence-electron chi connectivity index (χ3n) is 3.32. The first-order valence-corrected chi connectivity index (χ1v) is 7.33. The van der Waals surface area contributed by atoms with Crippen LogP contribution < -0.4 is 4.90 Å². The Morgan fingerprint density at radius 3 is 2.55 bits per heavy atom. The summed E-state index contributed by atoms with van der Waals surface area (Å²) in [6, 6.07) is 1.05. The number of rotatable bonds is 3. The average molecular weight is 326 g/mol. The maximum Gasteiger partial charge on any atom is 0.280 e. The molecule has 2 aromatic heterocycles. The van der Waals surface area contributed by atoms with Crippen LogP contribution in [0.15, 0.2) is 18.7 Å². The van der Waals surface area contributed by atoms with E-state index in [0.29, 0.717) is 26.2 Å². The average Bonchev–Trinajstić information content (AvgIpc) is 3.09. The second-order valence-electron chi connectivity index (χ2n) is 4.63. The predicted molar refractivity (Wildman–Crippen MR) is 75.0 cm³/mol. The van der Waals surface area contributed by atoms with Gasteiger partial charge in [0.25, 0.3) is 12.3 Å². The second kappa shape index (κ2) is 6.26. The number of hydrogen-bond acceptors (Lipinski definition) is 7. The largest absolute Gasteiger partial charge is 0.343 e. The van der Waals surface area contributed by atoms with E-state index in [1.165, 1.54) is 17.9 Å². The van der Waals surface area contributed by atoms with Crippen LogP contribution in [0.25, 0.3) is 0 Å². The van der Waals surface area contributed by atoms with Crippen molar-refractivity contribution in [2.75, 3.05) is 31.1 Å². The third kappa shape index (κ3) is 3.01. The fourth-order valence-electron chi connectivity index (χ4n) is 2.18. The van der Waals surface area contributed by atoms with E-state index >= 15 is 0 Å². The molecule has 0 N–H and O–H groups in total. The highest BCUT2D eigenvalue weighted by atomic mass is 32.1. The van der Waals surface area contributed by atoms with Crippen molar-refractivity contribution in [2.24, 2.45) is 0 Å². The predicted octanol–water partition coefficient (Wildman–Crippen LogP) is 1.23. The Balaban J connectivity index is 1.66. The molecule has 1 saturated heterocycles. The van der Waals surface area contributed by atoms with Crippen LogP contribution in [0.4, 0.5) is 13.9 Å². The Morgan fingerprint density at radius 1 is 1.14 bits per heavy atom. The molecular formula is C12H12F2N6OS. The summed E-state index contributed by atoms with van der Waals surface area (Å²) in [5.41, 5.74) is -0.444. The first kappa shape index (κ1) is 14.7. The number of piperazine rings is 1. The maximum absolute atomic E-state index is 12.6. The number of hydrogen-bond donors (Lipinski definition) is 0. The number of carbonyl (C=O) groups excluding carboxylic acids is 1. The minimum absolute atomic E-state index is 0.00494. The topological polar surface area (TPSA) is 75.1 Å². The summed E-state index contributed by atoms with van der Waals surface area (Å²) >= 11 is 1.30. The molecule has 0 radical (unpaired) electrons. The first-order chi connectivity index (χ1) is 10.6. The lowest BCUT2D eigenvalue weighted by molar-refractivity contribution is 0.0739. The molecule has 0 unspecified atom stereocenters. The van der Waals surface area contributed by atoms with Crippen molar-refractivity contribution in [1.29, 1.82) is 0 Å². The van der Waals surface area contributed by atoms with Crippen LogP contribution in [-0.4, -0.2) is 56.3 Å². The van der Waals surface area contributed by atoms with Gasteiger partial charge in [0.1, 0.15) is 24.0 Å². The van der Waals surface area contributed by atoms with Gasteiger partial charge >= 0.3 is 0 Å². The molecule has 0 spiro atoms. The summed E-state index contributed by atoms with van der Waals surface area (Å²) in [6.07, 6.45) is -0.236. The van der Waals surface area contributed by atoms with Crippen LogP contribution in [0.2, 0.25) is 0 Å². The highest BCUT2D eigenvalue weighted by molar-refractivity contribution is 7.09. The quantitative estimate of drug-likeness (QED) is 0.844. The van der Waals surface area contributed by atoms with Crippen molar-refractivity contribution in [3.8, 4) is 0 Å². The zero-order chi connectivity index (χ0) is 15.5. The molecule has 0 aromatic carbocycles. The summed E-state index contributed by atoms with van der Waals surface area (Å²) in [5.74, 6) is -0.360. The second-order valence-corrected chi connectivity index (χ2v) is 5.39. The molecule has 3 rings (SSSR count). The molecule has 1 fully saturated rings. The molecule has 10 heteroatoms. The molecule has 7 nitrogen and oxygen atoms in total. The van der Waals surface area contributed by atoms with Gasteiger partial charge in [0.05, 0.1) is 0 Å². The van der Waals surface area contributed by atoms with E-state index in [9.17, 15) is 13.6 Å². The fraction of sp³-hybridized carbons (Fsp3) is 0.417. The van der Waals surface area contributed by atoms with Crippen LogP contribution in [0.3, 0.4) is 0 Å². The highest BCUT2D eigenvalue weighted by Crippen LogP contribution is 2.19. The molecule has 2 aromatic rings. The Labute approximate surface area is 128 Å². The number of alkyl halides is 2. The van der Waals surface area contributed by atoms with Crippen LogP contribution in [-0.2, 0) is 0 Å². The minimum Gasteiger partial charge on any atom is -0.343 e. The molecule has 1 aliphatic heterocycles. The van der Waals surface area contributed by atoms with Crippen molar-refractivity contribution in [3.63, 3.8) is 0 Å². The molecule has 0 bridgehead atoms. The van der Waals surface area contributed by atoms with Crippen molar-refractivity contribution < 1.29 is 13.6 Å². The summed E-state index contributed by atoms with van der Waals surface area (Å²) < 4.78 is 29.2. The number of aromatic nitrogens is 4. The van der Waals surface area contributed by atoms with Crippen LogP contribution in [0.1, 0.15) is 22.6 Å². The van der Waals surface area contributed by atoms with Gasteiger partial charge < -0.3 is 9.80 Å². The van der Waals surface area contributed by atoms with E-state index in [1.807, 2.05) is 4.90 Å². The molecule has 22 heavy (non-hydrogen) atoms. The molecule has 0 atom stereocenters. The Hall–Kier alpha value is -2.23. The lowest BCUT2D eigenvalue weighted by Gasteiger charge is -2.34. The lowest BCUT2D eigenvalue weighted by Crippen LogP contribution is -2.49. The van der Waals surface area contributed by atoms with E-state index in [1.54, 1.807) is 4.90 Å². The zero-order valence-electron chi connectivity index (χ0n) is 11.4. The molecule has 1 aliphatic rings. The smallest absolute Gasteiger partial charge is 0.280 e. The Kier molecular flexibility index (Phi) is 4.18. The Morgan fingerprint density at radius 2 is 1.91 bits per heavy atom. The number of halogens is 2. The summed E-state index contributed by atoms with van der Waals surface area (Å²) in [4.78, 5) is 27.3. The summed E-state index contributed by atoms with van der Waals surface area (Å²) in [7, 11) is 0. The van der Waals surface area contributed by atoms with E-state index in [4.69, 9.17) is 0 Å². The highest BCUT2D eigenvalue weighted by Gasteiger charge is 2.25. The standard InChI is InChI=1S/C12H12F2N6OS/c13-10(14)8-5-9(16-6-15-8)11(21)19-1-3-20(4-2-19)12-17-7-18-22-12/h5-7,10H,1-4H2. The van der Waals surface area contributed by atoms with Gasteiger partial charge in [0, 0.05) is 37.7 Å². The monoisotopic (exact) mass is 326 g/mol. The Bertz CT molecular complexity index is 645. The molecule has 3 heterocycles. The SMILES string of the molecule is O=C(c1cc(C(F)F)ncn1)N1CCN(c2ncns2)CC1. The van der Waals surface area contributed by atoms with Gasteiger partial charge in [0.15, 0.2) is 0 Å². The van der Waals surface area contributed by atoms with E-state index < -0.39 is 12.1 Å². The third-order valence-corrected chi connectivity index (χ3v) is 4.04. The molecule has 116 valence electrons. The number of anilines is 1. The normalized spacial score (nSPS) is 15.4. The molecule has 0 saturated carbocycles. The lowest BCUT2D eigenvalue weighted by atomic mass is 10.2. The number of carbonyl (C=O) groups is 1. The number of nitrogens with zero attached hydrogens (tertiary/aromatic N) is 6. The van der Waals surface area contributed by atoms with Crippen LogP contribution in [0.5, 0.6) is 0 Å². The van der Waals surface area contributed by atoms with E-state index in [-0.39, 0.29) is 11.6 Å². The fourth-order valence-corrected chi connectivity index (χ4v) is 2.76. The van der Waals surface area contributed by atoms with Crippen molar-refractivity contribution in [1.82, 2.24) is 24.2 Å². The minimum atomic E-state index is -2.72. The molecule has 0 aliphatic carbocycles. The van der Waals surface area contributed by atoms with Gasteiger partial charge in [-0.1, -0.05) is 0 Å². The number of amides is 1. The van der Waals surface area contributed by atoms with Crippen molar-refractivity contribution in [2.45, 2.75) is 6.43 Å². The van der Waals surface area contributed by atoms with E-state index in [0.717, 1.165) is 17.5 Å². The zero-order valence-corrected chi connectivity index (χ0v) is 12.2. The molecular weight excluding hydrogens is 314 g/mol. The van der Waals surface area contributed by atoms with Crippen LogP contribution in [0, 0.1) is 0 Å². The van der Waals surface area contributed by atoms with Gasteiger partial charge in [-0.3, -0.25) is 4.79 Å². The van der Waals surface area contributed by atoms with Gasteiger partial charge in [-0.15, -0.1) is 0 Å². The van der Waals surface area contributed by atoms with Crippen molar-refractivity contribution >= 4 is 22.6 Å². The first-order valence-electron chi connectivity index (χ1n) is 6.56. The van der Waals surface area contributed by atoms with Gasteiger partial charge in [-0.05, 0) is 6.07 Å². The van der Waals surface area contributed by atoms with Crippen molar-refractivity contribution in [3.05, 3.63) is 30.1 Å². The van der Waals surface area contributed by atoms with Crippen LogP contribution >= 0.6 is 11.5 Å². The van der Waals surface area contributed by atoms with Gasteiger partial charge in [-0.2, -0.15) is 4.37 Å².